The first-order chi connectivity index (χ1) is 12.1. The number of esters is 1. The van der Waals surface area contributed by atoms with Gasteiger partial charge in [-0.1, -0.05) is 30.3 Å². The number of Topliss-reactive ketones (excluding diaryl/α,β-unsaturated/α-hetero) is 1. The van der Waals surface area contributed by atoms with E-state index in [0.717, 1.165) is 0 Å². The van der Waals surface area contributed by atoms with Crippen molar-refractivity contribution in [1.82, 2.24) is 0 Å². The second-order valence-electron chi connectivity index (χ2n) is 5.14. The molecular weight excluding hydrogens is 324 g/mol. The molecule has 0 aliphatic heterocycles. The number of hydrogen-bond acceptors (Lipinski definition) is 6. The Kier molecular flexibility index (Phi) is 6.00. The molecular formula is C19H20O6. The van der Waals surface area contributed by atoms with E-state index in [1.807, 2.05) is 0 Å². The molecule has 0 aliphatic carbocycles. The van der Waals surface area contributed by atoms with Gasteiger partial charge in [-0.05, 0) is 5.56 Å². The SMILES string of the molecule is COC(=O)C(C(=O)c1c(OC)cc(OC)cc1OC)c1ccccc1. The predicted octanol–water partition coefficient (Wildman–Crippen LogP) is 2.85. The predicted molar refractivity (Wildman–Crippen MR) is 91.6 cm³/mol. The minimum Gasteiger partial charge on any atom is -0.496 e. The maximum atomic E-state index is 13.2. The lowest BCUT2D eigenvalue weighted by atomic mass is 9.89. The molecule has 0 fully saturated rings. The molecule has 0 N–H and O–H groups in total. The second-order valence-corrected chi connectivity index (χ2v) is 5.14. The summed E-state index contributed by atoms with van der Waals surface area (Å²) < 4.78 is 20.7. The summed E-state index contributed by atoms with van der Waals surface area (Å²) >= 11 is 0. The summed E-state index contributed by atoms with van der Waals surface area (Å²) in [5.41, 5.74) is 0.685. The van der Waals surface area contributed by atoms with Gasteiger partial charge in [0, 0.05) is 12.1 Å². The van der Waals surface area contributed by atoms with Gasteiger partial charge < -0.3 is 18.9 Å². The zero-order valence-electron chi connectivity index (χ0n) is 14.6. The number of benzene rings is 2. The van der Waals surface area contributed by atoms with Crippen molar-refractivity contribution < 1.29 is 28.5 Å². The van der Waals surface area contributed by atoms with Gasteiger partial charge in [0.25, 0.3) is 0 Å². The average Bonchev–Trinajstić information content (AvgIpc) is 2.67. The highest BCUT2D eigenvalue weighted by Crippen LogP contribution is 2.37. The lowest BCUT2D eigenvalue weighted by Crippen LogP contribution is -2.24. The molecule has 0 saturated carbocycles. The molecule has 2 aromatic carbocycles. The van der Waals surface area contributed by atoms with Gasteiger partial charge in [0.2, 0.25) is 0 Å². The van der Waals surface area contributed by atoms with Crippen LogP contribution >= 0.6 is 0 Å². The highest BCUT2D eigenvalue weighted by molar-refractivity contribution is 6.15. The molecule has 0 saturated heterocycles. The number of carbonyl (C=O) groups excluding carboxylic acids is 2. The van der Waals surface area contributed by atoms with Crippen LogP contribution in [0.2, 0.25) is 0 Å². The van der Waals surface area contributed by atoms with E-state index in [9.17, 15) is 9.59 Å². The third kappa shape index (κ3) is 3.74. The van der Waals surface area contributed by atoms with Crippen molar-refractivity contribution in [3.8, 4) is 17.2 Å². The van der Waals surface area contributed by atoms with Gasteiger partial charge in [0.1, 0.15) is 28.7 Å². The Morgan fingerprint density at radius 2 is 1.40 bits per heavy atom. The van der Waals surface area contributed by atoms with Crippen LogP contribution in [0.25, 0.3) is 0 Å². The van der Waals surface area contributed by atoms with E-state index in [2.05, 4.69) is 0 Å². The Bertz CT molecular complexity index is 729. The number of methoxy groups -OCH3 is 4. The van der Waals surface area contributed by atoms with Crippen molar-refractivity contribution in [1.29, 1.82) is 0 Å². The Morgan fingerprint density at radius 3 is 1.84 bits per heavy atom. The highest BCUT2D eigenvalue weighted by Gasteiger charge is 2.34. The molecule has 1 unspecified atom stereocenters. The van der Waals surface area contributed by atoms with Crippen LogP contribution in [-0.4, -0.2) is 40.2 Å². The minimum absolute atomic E-state index is 0.157. The summed E-state index contributed by atoms with van der Waals surface area (Å²) in [5.74, 6) is -1.27. The van der Waals surface area contributed by atoms with Crippen LogP contribution in [0.15, 0.2) is 42.5 Å². The molecule has 2 rings (SSSR count). The van der Waals surface area contributed by atoms with Crippen LogP contribution in [0.1, 0.15) is 21.8 Å². The monoisotopic (exact) mass is 344 g/mol. The minimum atomic E-state index is -1.12. The Labute approximate surface area is 146 Å². The van der Waals surface area contributed by atoms with Gasteiger partial charge in [-0.25, -0.2) is 0 Å². The van der Waals surface area contributed by atoms with Crippen molar-refractivity contribution >= 4 is 11.8 Å². The zero-order chi connectivity index (χ0) is 18.4. The first kappa shape index (κ1) is 18.3. The Morgan fingerprint density at radius 1 is 0.840 bits per heavy atom. The van der Waals surface area contributed by atoms with Crippen molar-refractivity contribution in [2.24, 2.45) is 0 Å². The van der Waals surface area contributed by atoms with E-state index in [0.29, 0.717) is 11.3 Å². The molecule has 25 heavy (non-hydrogen) atoms. The standard InChI is InChI=1S/C19H20O6/c1-22-13-10-14(23-2)17(15(11-13)24-3)18(20)16(19(21)25-4)12-8-6-5-7-9-12/h5-11,16H,1-4H3. The first-order valence-corrected chi connectivity index (χ1v) is 7.54. The third-order valence-electron chi connectivity index (χ3n) is 3.79. The fourth-order valence-electron chi connectivity index (χ4n) is 2.55. The van der Waals surface area contributed by atoms with Crippen LogP contribution < -0.4 is 14.2 Å². The van der Waals surface area contributed by atoms with Crippen LogP contribution in [0.3, 0.4) is 0 Å². The van der Waals surface area contributed by atoms with Gasteiger partial charge in [-0.2, -0.15) is 0 Å². The molecule has 0 heterocycles. The summed E-state index contributed by atoms with van der Waals surface area (Å²) in [5, 5.41) is 0. The maximum Gasteiger partial charge on any atom is 0.321 e. The van der Waals surface area contributed by atoms with E-state index in [-0.39, 0.29) is 17.1 Å². The molecule has 6 nitrogen and oxygen atoms in total. The number of rotatable bonds is 7. The fourth-order valence-corrected chi connectivity index (χ4v) is 2.55. The molecule has 0 spiro atoms. The van der Waals surface area contributed by atoms with Gasteiger partial charge in [-0.3, -0.25) is 9.59 Å². The van der Waals surface area contributed by atoms with Crippen molar-refractivity contribution in [2.75, 3.05) is 28.4 Å². The van der Waals surface area contributed by atoms with Crippen molar-refractivity contribution in [3.05, 3.63) is 53.6 Å². The van der Waals surface area contributed by atoms with Crippen molar-refractivity contribution in [3.63, 3.8) is 0 Å². The van der Waals surface area contributed by atoms with E-state index in [4.69, 9.17) is 18.9 Å². The van der Waals surface area contributed by atoms with Crippen LogP contribution in [-0.2, 0) is 9.53 Å². The third-order valence-corrected chi connectivity index (χ3v) is 3.79. The lowest BCUT2D eigenvalue weighted by Gasteiger charge is -2.18. The summed E-state index contributed by atoms with van der Waals surface area (Å²) in [7, 11) is 5.60. The number of ether oxygens (including phenoxy) is 4. The molecule has 0 amide bonds. The molecule has 132 valence electrons. The highest BCUT2D eigenvalue weighted by atomic mass is 16.5. The van der Waals surface area contributed by atoms with E-state index in [1.54, 1.807) is 42.5 Å². The normalized spacial score (nSPS) is 11.4. The summed E-state index contributed by atoms with van der Waals surface area (Å²) in [6.07, 6.45) is 0. The van der Waals surface area contributed by atoms with E-state index < -0.39 is 17.7 Å². The van der Waals surface area contributed by atoms with E-state index in [1.165, 1.54) is 28.4 Å². The van der Waals surface area contributed by atoms with Crippen LogP contribution in [0.5, 0.6) is 17.2 Å². The molecule has 0 bridgehead atoms. The largest absolute Gasteiger partial charge is 0.496 e. The second kappa shape index (κ2) is 8.19. The van der Waals surface area contributed by atoms with Gasteiger partial charge in [-0.15, -0.1) is 0 Å². The Hall–Kier alpha value is -3.02. The average molecular weight is 344 g/mol. The number of hydrogen-bond donors (Lipinski definition) is 0. The molecule has 0 aromatic heterocycles. The number of carbonyl (C=O) groups is 2. The smallest absolute Gasteiger partial charge is 0.321 e. The van der Waals surface area contributed by atoms with Gasteiger partial charge in [0.05, 0.1) is 28.4 Å². The zero-order valence-corrected chi connectivity index (χ0v) is 14.6. The lowest BCUT2D eigenvalue weighted by molar-refractivity contribution is -0.141. The van der Waals surface area contributed by atoms with Gasteiger partial charge in [0.15, 0.2) is 5.78 Å². The van der Waals surface area contributed by atoms with Crippen LogP contribution in [0.4, 0.5) is 0 Å². The first-order valence-electron chi connectivity index (χ1n) is 7.54. The quantitative estimate of drug-likeness (QED) is 0.437. The van der Waals surface area contributed by atoms with Crippen molar-refractivity contribution in [2.45, 2.75) is 5.92 Å². The number of ketones is 1. The Balaban J connectivity index is 2.61. The molecule has 1 atom stereocenters. The maximum absolute atomic E-state index is 13.2. The summed E-state index contributed by atoms with van der Waals surface area (Å²) in [4.78, 5) is 25.5. The summed E-state index contributed by atoms with van der Waals surface area (Å²) in [6, 6.07) is 11.8. The van der Waals surface area contributed by atoms with Gasteiger partial charge >= 0.3 is 5.97 Å². The molecule has 0 aliphatic rings. The molecule has 0 radical (unpaired) electrons. The summed E-state index contributed by atoms with van der Waals surface area (Å²) in [6.45, 7) is 0. The fraction of sp³-hybridized carbons (Fsp3) is 0.263. The van der Waals surface area contributed by atoms with Crippen LogP contribution in [0, 0.1) is 0 Å². The topological polar surface area (TPSA) is 71.1 Å². The van der Waals surface area contributed by atoms with E-state index >= 15 is 0 Å². The molecule has 2 aromatic rings. The molecule has 6 heteroatoms.